The first-order chi connectivity index (χ1) is 16.4. The molecule has 1 aliphatic rings. The number of carbonyl (C=O) groups is 1. The zero-order valence-corrected chi connectivity index (χ0v) is 19.1. The maximum absolute atomic E-state index is 14.1. The number of aromatic nitrogens is 1. The summed E-state index contributed by atoms with van der Waals surface area (Å²) < 4.78 is 52.6. The Morgan fingerprint density at radius 3 is 2.59 bits per heavy atom. The van der Waals surface area contributed by atoms with Gasteiger partial charge in [-0.15, -0.1) is 0 Å². The molecule has 1 aliphatic carbocycles. The summed E-state index contributed by atoms with van der Waals surface area (Å²) in [5, 5.41) is 0.456. The molecule has 3 aromatic rings. The average molecular weight is 488 g/mol. The number of hydrogen-bond donors (Lipinski definition) is 0. The van der Waals surface area contributed by atoms with E-state index in [0.717, 1.165) is 29.7 Å². The molecule has 0 fully saturated rings. The van der Waals surface area contributed by atoms with Crippen LogP contribution in [0.2, 0.25) is 5.02 Å². The highest BCUT2D eigenvalue weighted by atomic mass is 35.5. The van der Waals surface area contributed by atoms with Gasteiger partial charge in [0.1, 0.15) is 23.9 Å². The normalized spacial score (nSPS) is 13.3. The van der Waals surface area contributed by atoms with Gasteiger partial charge in [-0.05, 0) is 79.8 Å². The van der Waals surface area contributed by atoms with Gasteiger partial charge in [-0.2, -0.15) is 0 Å². The molecule has 0 N–H and O–H groups in total. The third-order valence-corrected chi connectivity index (χ3v) is 5.77. The smallest absolute Gasteiger partial charge is 0.356 e. The lowest BCUT2D eigenvalue weighted by molar-refractivity contribution is 0.0519. The summed E-state index contributed by atoms with van der Waals surface area (Å²) in [5.74, 6) is -3.48. The summed E-state index contributed by atoms with van der Waals surface area (Å²) in [5.41, 5.74) is 2.82. The van der Waals surface area contributed by atoms with Gasteiger partial charge in [0.05, 0.1) is 17.9 Å². The number of benzene rings is 2. The lowest BCUT2D eigenvalue weighted by Crippen LogP contribution is -2.08. The summed E-state index contributed by atoms with van der Waals surface area (Å²) in [6, 6.07) is 11.7. The lowest BCUT2D eigenvalue weighted by atomic mass is 9.99. The van der Waals surface area contributed by atoms with E-state index in [1.165, 1.54) is 0 Å². The Bertz CT molecular complexity index is 1280. The van der Waals surface area contributed by atoms with E-state index in [4.69, 9.17) is 21.1 Å². The van der Waals surface area contributed by atoms with Crippen LogP contribution in [0.15, 0.2) is 48.5 Å². The van der Waals surface area contributed by atoms with Crippen molar-refractivity contribution in [1.82, 2.24) is 4.98 Å². The highest BCUT2D eigenvalue weighted by Gasteiger charge is 2.23. The van der Waals surface area contributed by atoms with Gasteiger partial charge in [0, 0.05) is 10.6 Å². The lowest BCUT2D eigenvalue weighted by Gasteiger charge is -2.16. The van der Waals surface area contributed by atoms with Crippen molar-refractivity contribution in [3.8, 4) is 5.75 Å². The second-order valence-electron chi connectivity index (χ2n) is 7.69. The monoisotopic (exact) mass is 487 g/mol. The van der Waals surface area contributed by atoms with Gasteiger partial charge in [0.25, 0.3) is 0 Å². The van der Waals surface area contributed by atoms with E-state index in [-0.39, 0.29) is 12.3 Å². The van der Waals surface area contributed by atoms with Crippen LogP contribution in [0.1, 0.15) is 53.5 Å². The van der Waals surface area contributed by atoms with Crippen LogP contribution in [0.3, 0.4) is 0 Å². The van der Waals surface area contributed by atoms with Gasteiger partial charge in [-0.25, -0.2) is 22.9 Å². The molecule has 4 rings (SSSR count). The molecular weight excluding hydrogens is 467 g/mol. The summed E-state index contributed by atoms with van der Waals surface area (Å²) in [7, 11) is 0. The van der Waals surface area contributed by atoms with Crippen molar-refractivity contribution in [3.05, 3.63) is 93.5 Å². The topological polar surface area (TPSA) is 48.4 Å². The molecule has 1 aromatic heterocycles. The molecular formula is C26H21ClF3NO3. The molecule has 4 nitrogen and oxygen atoms in total. The summed E-state index contributed by atoms with van der Waals surface area (Å²) in [4.78, 5) is 16.6. The number of allylic oxidation sites excluding steroid dienone is 2. The van der Waals surface area contributed by atoms with Crippen molar-refractivity contribution < 1.29 is 27.4 Å². The van der Waals surface area contributed by atoms with Crippen LogP contribution in [0, 0.1) is 17.5 Å². The van der Waals surface area contributed by atoms with Gasteiger partial charge in [-0.1, -0.05) is 17.7 Å². The Morgan fingerprint density at radius 2 is 1.79 bits per heavy atom. The third-order valence-electron chi connectivity index (χ3n) is 5.54. The first kappa shape index (κ1) is 23.8. The van der Waals surface area contributed by atoms with Crippen LogP contribution in [0.4, 0.5) is 13.2 Å². The number of esters is 1. The molecule has 0 saturated carbocycles. The van der Waals surface area contributed by atoms with Crippen molar-refractivity contribution in [1.29, 1.82) is 0 Å². The SMILES string of the molecule is CCOC(=O)c1cccc(C2=C(c3cc(Cl)ccc3OCc3c(F)ccc(F)c3F)CCC2)n1. The van der Waals surface area contributed by atoms with E-state index in [1.807, 2.05) is 6.07 Å². The maximum Gasteiger partial charge on any atom is 0.356 e. The molecule has 0 spiro atoms. The fraction of sp³-hybridized carbons (Fsp3) is 0.231. The number of nitrogens with zero attached hydrogens (tertiary/aromatic N) is 1. The van der Waals surface area contributed by atoms with Gasteiger partial charge in [0.15, 0.2) is 11.6 Å². The first-order valence-electron chi connectivity index (χ1n) is 10.8. The van der Waals surface area contributed by atoms with Gasteiger partial charge >= 0.3 is 5.97 Å². The predicted molar refractivity (Wildman–Crippen MR) is 123 cm³/mol. The summed E-state index contributed by atoms with van der Waals surface area (Å²) in [6.07, 6.45) is 2.25. The fourth-order valence-electron chi connectivity index (χ4n) is 3.96. The summed E-state index contributed by atoms with van der Waals surface area (Å²) in [6.45, 7) is 1.47. The van der Waals surface area contributed by atoms with E-state index in [0.29, 0.717) is 34.9 Å². The molecule has 0 bridgehead atoms. The van der Waals surface area contributed by atoms with Gasteiger partial charge in [-0.3, -0.25) is 0 Å². The largest absolute Gasteiger partial charge is 0.488 e. The van der Waals surface area contributed by atoms with E-state index < -0.39 is 35.6 Å². The van der Waals surface area contributed by atoms with Crippen LogP contribution in [0.25, 0.3) is 11.1 Å². The zero-order chi connectivity index (χ0) is 24.2. The minimum Gasteiger partial charge on any atom is -0.488 e. The minimum atomic E-state index is -1.28. The Labute approximate surface area is 200 Å². The minimum absolute atomic E-state index is 0.206. The van der Waals surface area contributed by atoms with Crippen LogP contribution in [-0.2, 0) is 11.3 Å². The second-order valence-corrected chi connectivity index (χ2v) is 8.13. The molecule has 0 radical (unpaired) electrons. The molecule has 1 heterocycles. The quantitative estimate of drug-likeness (QED) is 0.266. The second kappa shape index (κ2) is 10.3. The van der Waals surface area contributed by atoms with Gasteiger partial charge in [0.2, 0.25) is 0 Å². The van der Waals surface area contributed by atoms with Crippen LogP contribution in [0.5, 0.6) is 5.75 Å². The zero-order valence-electron chi connectivity index (χ0n) is 18.3. The number of pyridine rings is 1. The molecule has 2 aromatic carbocycles. The standard InChI is InChI=1S/C26H21ClF3NO3/c1-2-33-26(32)23-8-4-7-22(31-23)17-6-3-5-16(17)18-13-15(27)9-12-24(18)34-14-19-20(28)10-11-21(29)25(19)30/h4,7-13H,2-3,5-6,14H2,1H3. The van der Waals surface area contributed by atoms with Crippen LogP contribution < -0.4 is 4.74 Å². The number of rotatable bonds is 7. The fourth-order valence-corrected chi connectivity index (χ4v) is 4.13. The molecule has 0 unspecified atom stereocenters. The Balaban J connectivity index is 1.71. The van der Waals surface area contributed by atoms with E-state index in [1.54, 1.807) is 37.3 Å². The van der Waals surface area contributed by atoms with Gasteiger partial charge < -0.3 is 9.47 Å². The molecule has 176 valence electrons. The molecule has 0 amide bonds. The Hall–Kier alpha value is -3.32. The number of hydrogen-bond acceptors (Lipinski definition) is 4. The molecule has 0 saturated heterocycles. The molecule has 0 aliphatic heterocycles. The number of carbonyl (C=O) groups excluding carboxylic acids is 1. The highest BCUT2D eigenvalue weighted by molar-refractivity contribution is 6.30. The highest BCUT2D eigenvalue weighted by Crippen LogP contribution is 2.43. The summed E-state index contributed by atoms with van der Waals surface area (Å²) >= 11 is 6.25. The molecule has 8 heteroatoms. The molecule has 0 atom stereocenters. The van der Waals surface area contributed by atoms with Crippen molar-refractivity contribution >= 4 is 28.7 Å². The van der Waals surface area contributed by atoms with Crippen LogP contribution in [-0.4, -0.2) is 17.6 Å². The van der Waals surface area contributed by atoms with E-state index in [9.17, 15) is 18.0 Å². The predicted octanol–water partition coefficient (Wildman–Crippen LogP) is 7.00. The number of ether oxygens (including phenoxy) is 2. The van der Waals surface area contributed by atoms with Crippen molar-refractivity contribution in [2.45, 2.75) is 32.8 Å². The Kier molecular flexibility index (Phi) is 7.22. The van der Waals surface area contributed by atoms with E-state index >= 15 is 0 Å². The average Bonchev–Trinajstić information content (AvgIpc) is 3.32. The maximum atomic E-state index is 14.1. The van der Waals surface area contributed by atoms with Crippen molar-refractivity contribution in [3.63, 3.8) is 0 Å². The first-order valence-corrected chi connectivity index (χ1v) is 11.2. The Morgan fingerprint density at radius 1 is 1.03 bits per heavy atom. The van der Waals surface area contributed by atoms with Crippen molar-refractivity contribution in [2.75, 3.05) is 6.61 Å². The third kappa shape index (κ3) is 4.94. The van der Waals surface area contributed by atoms with Crippen LogP contribution >= 0.6 is 11.6 Å². The van der Waals surface area contributed by atoms with Crippen molar-refractivity contribution in [2.24, 2.45) is 0 Å². The molecule has 34 heavy (non-hydrogen) atoms. The van der Waals surface area contributed by atoms with E-state index in [2.05, 4.69) is 4.98 Å². The number of halogens is 4.